The average Bonchev–Trinajstić information content (AvgIpc) is 2.51. The molecule has 0 aromatic heterocycles. The van der Waals surface area contributed by atoms with Crippen molar-refractivity contribution in [2.45, 2.75) is 64.8 Å². The molecule has 0 spiro atoms. The van der Waals surface area contributed by atoms with E-state index in [4.69, 9.17) is 0 Å². The molecule has 1 aliphatic carbocycles. The van der Waals surface area contributed by atoms with E-state index in [0.717, 1.165) is 0 Å². The van der Waals surface area contributed by atoms with Crippen molar-refractivity contribution < 1.29 is 0 Å². The molecule has 2 aliphatic rings. The van der Waals surface area contributed by atoms with E-state index in [1.54, 1.807) is 0 Å². The molecule has 2 heteroatoms. The van der Waals surface area contributed by atoms with E-state index >= 15 is 0 Å². The first-order chi connectivity index (χ1) is 10.2. The average molecular weight is 286 g/mol. The molecular formula is C19H30N2. The molecule has 3 rings (SSSR count). The second-order valence-corrected chi connectivity index (χ2v) is 7.50. The fourth-order valence-corrected chi connectivity index (χ4v) is 3.96. The van der Waals surface area contributed by atoms with E-state index in [0.29, 0.717) is 11.5 Å². The zero-order chi connectivity index (χ0) is 14.7. The van der Waals surface area contributed by atoms with Gasteiger partial charge in [-0.3, -0.25) is 0 Å². The van der Waals surface area contributed by atoms with Gasteiger partial charge in [0.05, 0.1) is 11.4 Å². The lowest BCUT2D eigenvalue weighted by molar-refractivity contribution is 0.217. The molecular weight excluding hydrogens is 256 g/mol. The van der Waals surface area contributed by atoms with Crippen molar-refractivity contribution in [3.05, 3.63) is 24.3 Å². The molecule has 116 valence electrons. The predicted molar refractivity (Wildman–Crippen MR) is 92.2 cm³/mol. The number of anilines is 2. The molecule has 0 amide bonds. The molecule has 2 nitrogen and oxygen atoms in total. The largest absolute Gasteiger partial charge is 0.380 e. The molecule has 1 atom stereocenters. The van der Waals surface area contributed by atoms with Crippen LogP contribution in [0.2, 0.25) is 0 Å². The van der Waals surface area contributed by atoms with Crippen LogP contribution in [0.3, 0.4) is 0 Å². The number of nitrogens with one attached hydrogen (secondary N) is 1. The number of hydrogen-bond donors (Lipinski definition) is 1. The highest BCUT2D eigenvalue weighted by atomic mass is 15.2. The molecule has 1 heterocycles. The number of piperidine rings is 1. The van der Waals surface area contributed by atoms with E-state index in [-0.39, 0.29) is 0 Å². The van der Waals surface area contributed by atoms with Crippen molar-refractivity contribution in [2.75, 3.05) is 23.3 Å². The summed E-state index contributed by atoms with van der Waals surface area (Å²) < 4.78 is 0. The van der Waals surface area contributed by atoms with Crippen LogP contribution in [0.15, 0.2) is 24.3 Å². The molecule has 0 radical (unpaired) electrons. The van der Waals surface area contributed by atoms with Crippen LogP contribution in [0.1, 0.15) is 58.8 Å². The van der Waals surface area contributed by atoms with Gasteiger partial charge >= 0.3 is 0 Å². The minimum atomic E-state index is 0.410. The molecule has 0 bridgehead atoms. The van der Waals surface area contributed by atoms with Gasteiger partial charge in [-0.25, -0.2) is 0 Å². The summed E-state index contributed by atoms with van der Waals surface area (Å²) in [5, 5.41) is 3.90. The Hall–Kier alpha value is -1.18. The van der Waals surface area contributed by atoms with Crippen LogP contribution in [0.5, 0.6) is 0 Å². The third-order valence-electron chi connectivity index (χ3n) is 5.44. The van der Waals surface area contributed by atoms with E-state index < -0.39 is 0 Å². The van der Waals surface area contributed by atoms with Crippen LogP contribution < -0.4 is 10.2 Å². The number of para-hydroxylation sites is 2. The molecule has 1 aromatic rings. The van der Waals surface area contributed by atoms with Crippen molar-refractivity contribution in [1.82, 2.24) is 0 Å². The molecule has 21 heavy (non-hydrogen) atoms. The lowest BCUT2D eigenvalue weighted by Crippen LogP contribution is -2.39. The summed E-state index contributed by atoms with van der Waals surface area (Å²) in [6, 6.07) is 9.53. The van der Waals surface area contributed by atoms with Gasteiger partial charge in [0.2, 0.25) is 0 Å². The smallest absolute Gasteiger partial charge is 0.0602 e. The third-order valence-corrected chi connectivity index (χ3v) is 5.44. The number of hydrogen-bond acceptors (Lipinski definition) is 2. The van der Waals surface area contributed by atoms with Crippen molar-refractivity contribution >= 4 is 11.4 Å². The highest BCUT2D eigenvalue weighted by Crippen LogP contribution is 2.39. The van der Waals surface area contributed by atoms with Gasteiger partial charge in [-0.05, 0) is 49.7 Å². The van der Waals surface area contributed by atoms with Gasteiger partial charge in [-0.2, -0.15) is 0 Å². The quantitative estimate of drug-likeness (QED) is 0.835. The van der Waals surface area contributed by atoms with E-state index in [1.165, 1.54) is 69.4 Å². The van der Waals surface area contributed by atoms with Gasteiger partial charge in [0, 0.05) is 19.1 Å². The standard InChI is InChI=1S/C19H30N2/c1-19(2)13-7-6-12-18(19)20-16-10-4-5-11-17(16)21-14-8-3-9-15-21/h4-5,10-11,18,20H,3,6-9,12-15H2,1-2H3. The first-order valence-electron chi connectivity index (χ1n) is 8.77. The Kier molecular flexibility index (Phi) is 4.42. The van der Waals surface area contributed by atoms with Gasteiger partial charge in [0.1, 0.15) is 0 Å². The zero-order valence-corrected chi connectivity index (χ0v) is 13.7. The summed E-state index contributed by atoms with van der Waals surface area (Å²) in [5.74, 6) is 0. The molecule has 1 saturated carbocycles. The summed E-state index contributed by atoms with van der Waals surface area (Å²) in [5.41, 5.74) is 3.17. The van der Waals surface area contributed by atoms with Crippen molar-refractivity contribution in [3.8, 4) is 0 Å². The van der Waals surface area contributed by atoms with Crippen molar-refractivity contribution in [1.29, 1.82) is 0 Å². The first kappa shape index (κ1) is 14.7. The molecule has 1 saturated heterocycles. The third kappa shape index (κ3) is 3.36. The van der Waals surface area contributed by atoms with Crippen LogP contribution in [0.25, 0.3) is 0 Å². The number of benzene rings is 1. The molecule has 1 N–H and O–H groups in total. The van der Waals surface area contributed by atoms with Crippen LogP contribution >= 0.6 is 0 Å². The van der Waals surface area contributed by atoms with E-state index in [1.807, 2.05) is 0 Å². The van der Waals surface area contributed by atoms with Crippen LogP contribution in [-0.4, -0.2) is 19.1 Å². The maximum absolute atomic E-state index is 3.90. The van der Waals surface area contributed by atoms with Crippen LogP contribution in [0.4, 0.5) is 11.4 Å². The Morgan fingerprint density at radius 2 is 1.76 bits per heavy atom. The maximum atomic E-state index is 3.90. The Bertz CT molecular complexity index is 460. The minimum Gasteiger partial charge on any atom is -0.380 e. The minimum absolute atomic E-state index is 0.410. The molecule has 1 aromatic carbocycles. The molecule has 1 unspecified atom stereocenters. The highest BCUT2D eigenvalue weighted by molar-refractivity contribution is 5.70. The first-order valence-corrected chi connectivity index (χ1v) is 8.77. The van der Waals surface area contributed by atoms with Crippen LogP contribution in [0, 0.1) is 5.41 Å². The Balaban J connectivity index is 1.78. The van der Waals surface area contributed by atoms with Gasteiger partial charge < -0.3 is 10.2 Å². The van der Waals surface area contributed by atoms with E-state index in [2.05, 4.69) is 48.3 Å². The topological polar surface area (TPSA) is 15.3 Å². The van der Waals surface area contributed by atoms with Gasteiger partial charge in [-0.15, -0.1) is 0 Å². The lowest BCUT2D eigenvalue weighted by atomic mass is 9.73. The fraction of sp³-hybridized carbons (Fsp3) is 0.684. The van der Waals surface area contributed by atoms with Gasteiger partial charge in [-0.1, -0.05) is 38.8 Å². The van der Waals surface area contributed by atoms with Crippen molar-refractivity contribution in [3.63, 3.8) is 0 Å². The summed E-state index contributed by atoms with van der Waals surface area (Å²) in [4.78, 5) is 2.57. The molecule has 1 aliphatic heterocycles. The molecule has 2 fully saturated rings. The van der Waals surface area contributed by atoms with Crippen LogP contribution in [-0.2, 0) is 0 Å². The SMILES string of the molecule is CC1(C)CCCCC1Nc1ccccc1N1CCCCC1. The van der Waals surface area contributed by atoms with E-state index in [9.17, 15) is 0 Å². The summed E-state index contributed by atoms with van der Waals surface area (Å²) >= 11 is 0. The predicted octanol–water partition coefficient (Wildman–Crippen LogP) is 5.06. The Labute approximate surface area is 129 Å². The second-order valence-electron chi connectivity index (χ2n) is 7.50. The fourth-order valence-electron chi connectivity index (χ4n) is 3.96. The number of nitrogens with zero attached hydrogens (tertiary/aromatic N) is 1. The summed E-state index contributed by atoms with van der Waals surface area (Å²) in [7, 11) is 0. The monoisotopic (exact) mass is 286 g/mol. The highest BCUT2D eigenvalue weighted by Gasteiger charge is 2.32. The van der Waals surface area contributed by atoms with Crippen molar-refractivity contribution in [2.24, 2.45) is 5.41 Å². The summed E-state index contributed by atoms with van der Waals surface area (Å²) in [6.07, 6.45) is 9.47. The zero-order valence-electron chi connectivity index (χ0n) is 13.7. The Morgan fingerprint density at radius 1 is 1.00 bits per heavy atom. The summed E-state index contributed by atoms with van der Waals surface area (Å²) in [6.45, 7) is 7.28. The normalized spacial score (nSPS) is 25.6. The lowest BCUT2D eigenvalue weighted by Gasteiger charge is -2.41. The Morgan fingerprint density at radius 3 is 2.52 bits per heavy atom. The second kappa shape index (κ2) is 6.29. The van der Waals surface area contributed by atoms with Gasteiger partial charge in [0.15, 0.2) is 0 Å². The number of rotatable bonds is 3. The maximum Gasteiger partial charge on any atom is 0.0602 e. The van der Waals surface area contributed by atoms with Gasteiger partial charge in [0.25, 0.3) is 0 Å².